The summed E-state index contributed by atoms with van der Waals surface area (Å²) < 4.78 is 3.65. The molecule has 2 aromatic carbocycles. The van der Waals surface area contributed by atoms with E-state index >= 15 is 0 Å². The topological polar surface area (TPSA) is 90.5 Å². The van der Waals surface area contributed by atoms with Crippen LogP contribution in [0, 0.1) is 13.8 Å². The SMILES string of the molecule is Cc1ccc(-n2c(C)nnc2SCC(=O)N[C@H](C)c2ccc(-n3cncn3)cc2)cc1. The fourth-order valence-corrected chi connectivity index (χ4v) is 3.99. The summed E-state index contributed by atoms with van der Waals surface area (Å²) in [6.45, 7) is 5.92. The lowest BCUT2D eigenvalue weighted by atomic mass is 10.1. The van der Waals surface area contributed by atoms with Crippen LogP contribution in [0.15, 0.2) is 66.3 Å². The van der Waals surface area contributed by atoms with Crippen LogP contribution in [0.5, 0.6) is 0 Å². The van der Waals surface area contributed by atoms with Crippen molar-refractivity contribution in [2.75, 3.05) is 5.75 Å². The molecule has 0 aliphatic heterocycles. The van der Waals surface area contributed by atoms with E-state index in [1.54, 1.807) is 11.0 Å². The fraction of sp³-hybridized carbons (Fsp3) is 0.227. The van der Waals surface area contributed by atoms with Crippen LogP contribution in [0.25, 0.3) is 11.4 Å². The van der Waals surface area contributed by atoms with Crippen LogP contribution in [-0.4, -0.2) is 41.2 Å². The maximum Gasteiger partial charge on any atom is 0.230 e. The third-order valence-corrected chi connectivity index (χ3v) is 5.80. The van der Waals surface area contributed by atoms with E-state index in [9.17, 15) is 4.79 Å². The summed E-state index contributed by atoms with van der Waals surface area (Å²) in [5.41, 5.74) is 4.10. The smallest absolute Gasteiger partial charge is 0.230 e. The van der Waals surface area contributed by atoms with Gasteiger partial charge in [0, 0.05) is 5.69 Å². The molecule has 2 aromatic heterocycles. The summed E-state index contributed by atoms with van der Waals surface area (Å²) >= 11 is 1.37. The molecule has 8 nitrogen and oxygen atoms in total. The molecule has 0 spiro atoms. The van der Waals surface area contributed by atoms with E-state index < -0.39 is 0 Å². The van der Waals surface area contributed by atoms with Crippen molar-refractivity contribution in [1.29, 1.82) is 0 Å². The van der Waals surface area contributed by atoms with Crippen LogP contribution in [0.4, 0.5) is 0 Å². The number of nitrogens with zero attached hydrogens (tertiary/aromatic N) is 6. The second-order valence-electron chi connectivity index (χ2n) is 7.21. The average molecular weight is 434 g/mol. The minimum atomic E-state index is -0.116. The first-order valence-corrected chi connectivity index (χ1v) is 10.9. The first-order valence-electron chi connectivity index (χ1n) is 9.87. The van der Waals surface area contributed by atoms with Crippen molar-refractivity contribution in [2.45, 2.75) is 32.0 Å². The van der Waals surface area contributed by atoms with E-state index in [0.29, 0.717) is 5.16 Å². The standard InChI is InChI=1S/C22H23N7OS/c1-15-4-8-20(9-5-15)29-17(3)26-27-22(29)31-12-21(30)25-16(2)18-6-10-19(11-7-18)28-14-23-13-24-28/h4-11,13-14,16H,12H2,1-3H3,(H,25,30)/t16-/m1/s1. The molecule has 0 aliphatic rings. The number of aromatic nitrogens is 6. The maximum atomic E-state index is 12.5. The number of benzene rings is 2. The van der Waals surface area contributed by atoms with Crippen LogP contribution in [0.3, 0.4) is 0 Å². The predicted molar refractivity (Wildman–Crippen MR) is 119 cm³/mol. The molecule has 0 unspecified atom stereocenters. The maximum absolute atomic E-state index is 12.5. The Hall–Kier alpha value is -3.46. The normalized spacial score (nSPS) is 12.0. The third-order valence-electron chi connectivity index (χ3n) is 4.87. The summed E-state index contributed by atoms with van der Waals surface area (Å²) in [4.78, 5) is 16.5. The number of rotatable bonds is 7. The molecule has 0 fully saturated rings. The molecule has 31 heavy (non-hydrogen) atoms. The van der Waals surface area contributed by atoms with Gasteiger partial charge in [0.1, 0.15) is 18.5 Å². The van der Waals surface area contributed by atoms with Crippen LogP contribution >= 0.6 is 11.8 Å². The largest absolute Gasteiger partial charge is 0.349 e. The molecule has 4 aromatic rings. The van der Waals surface area contributed by atoms with Crippen LogP contribution < -0.4 is 5.32 Å². The number of aryl methyl sites for hydroxylation is 2. The second-order valence-corrected chi connectivity index (χ2v) is 8.15. The number of carbonyl (C=O) groups excluding carboxylic acids is 1. The van der Waals surface area contributed by atoms with Crippen molar-refractivity contribution < 1.29 is 4.79 Å². The molecule has 0 saturated carbocycles. The van der Waals surface area contributed by atoms with Crippen LogP contribution in [0.1, 0.15) is 29.9 Å². The summed E-state index contributed by atoms with van der Waals surface area (Å²) in [6.07, 6.45) is 3.14. The highest BCUT2D eigenvalue weighted by Crippen LogP contribution is 2.22. The van der Waals surface area contributed by atoms with Gasteiger partial charge in [0.05, 0.1) is 17.5 Å². The van der Waals surface area contributed by atoms with Gasteiger partial charge in [0.2, 0.25) is 5.91 Å². The van der Waals surface area contributed by atoms with Gasteiger partial charge in [0.15, 0.2) is 5.16 Å². The molecule has 158 valence electrons. The lowest BCUT2D eigenvalue weighted by molar-refractivity contribution is -0.119. The molecule has 9 heteroatoms. The van der Waals surface area contributed by atoms with Crippen molar-refractivity contribution in [2.24, 2.45) is 0 Å². The Labute approximate surface area is 184 Å². The highest BCUT2D eigenvalue weighted by molar-refractivity contribution is 7.99. The van der Waals surface area contributed by atoms with Crippen molar-refractivity contribution in [3.63, 3.8) is 0 Å². The Morgan fingerprint density at radius 3 is 2.42 bits per heavy atom. The molecule has 1 atom stereocenters. The fourth-order valence-electron chi connectivity index (χ4n) is 3.18. The zero-order valence-electron chi connectivity index (χ0n) is 17.6. The number of carbonyl (C=O) groups is 1. The first kappa shape index (κ1) is 20.8. The molecular formula is C22H23N7OS. The van der Waals surface area contributed by atoms with E-state index in [-0.39, 0.29) is 17.7 Å². The molecule has 2 heterocycles. The first-order chi connectivity index (χ1) is 15.0. The number of nitrogens with one attached hydrogen (secondary N) is 1. The summed E-state index contributed by atoms with van der Waals surface area (Å²) in [7, 11) is 0. The average Bonchev–Trinajstić information content (AvgIpc) is 3.43. The lowest BCUT2D eigenvalue weighted by Crippen LogP contribution is -2.28. The quantitative estimate of drug-likeness (QED) is 0.449. The molecule has 0 bridgehead atoms. The van der Waals surface area contributed by atoms with Gasteiger partial charge in [-0.1, -0.05) is 41.6 Å². The minimum Gasteiger partial charge on any atom is -0.349 e. The zero-order valence-corrected chi connectivity index (χ0v) is 18.4. The van der Waals surface area contributed by atoms with Crippen LogP contribution in [-0.2, 0) is 4.79 Å². The van der Waals surface area contributed by atoms with Crippen molar-refractivity contribution in [3.8, 4) is 11.4 Å². The van der Waals surface area contributed by atoms with E-state index in [1.807, 2.05) is 73.9 Å². The Bertz CT molecular complexity index is 1150. The Balaban J connectivity index is 1.37. The van der Waals surface area contributed by atoms with Gasteiger partial charge >= 0.3 is 0 Å². The second kappa shape index (κ2) is 9.13. The van der Waals surface area contributed by atoms with Gasteiger partial charge in [0.25, 0.3) is 0 Å². The van der Waals surface area contributed by atoms with Gasteiger partial charge in [-0.15, -0.1) is 10.2 Å². The third kappa shape index (κ3) is 4.83. The van der Waals surface area contributed by atoms with Gasteiger partial charge in [-0.2, -0.15) is 5.10 Å². The van der Waals surface area contributed by atoms with Crippen molar-refractivity contribution >= 4 is 17.7 Å². The van der Waals surface area contributed by atoms with Gasteiger partial charge < -0.3 is 5.32 Å². The minimum absolute atomic E-state index is 0.0611. The molecule has 1 amide bonds. The van der Waals surface area contributed by atoms with E-state index in [2.05, 4.69) is 25.6 Å². The van der Waals surface area contributed by atoms with E-state index in [1.165, 1.54) is 23.7 Å². The number of amides is 1. The number of hydrogen-bond donors (Lipinski definition) is 1. The number of thioether (sulfide) groups is 1. The Morgan fingerprint density at radius 2 is 1.74 bits per heavy atom. The molecule has 0 saturated heterocycles. The molecule has 0 radical (unpaired) electrons. The van der Waals surface area contributed by atoms with Crippen LogP contribution in [0.2, 0.25) is 0 Å². The van der Waals surface area contributed by atoms with Gasteiger partial charge in [-0.05, 0) is 50.6 Å². The van der Waals surface area contributed by atoms with Crippen molar-refractivity contribution in [1.82, 2.24) is 34.8 Å². The Kier molecular flexibility index (Phi) is 6.13. The lowest BCUT2D eigenvalue weighted by Gasteiger charge is -2.15. The highest BCUT2D eigenvalue weighted by atomic mass is 32.2. The molecule has 1 N–H and O–H groups in total. The van der Waals surface area contributed by atoms with Gasteiger partial charge in [-0.3, -0.25) is 9.36 Å². The molecule has 4 rings (SSSR count). The predicted octanol–water partition coefficient (Wildman–Crippen LogP) is 3.43. The van der Waals surface area contributed by atoms with E-state index in [4.69, 9.17) is 0 Å². The summed E-state index contributed by atoms with van der Waals surface area (Å²) in [5.74, 6) is 0.979. The van der Waals surface area contributed by atoms with Gasteiger partial charge in [-0.25, -0.2) is 9.67 Å². The van der Waals surface area contributed by atoms with Crippen molar-refractivity contribution in [3.05, 3.63) is 78.1 Å². The van der Waals surface area contributed by atoms with E-state index in [0.717, 1.165) is 22.8 Å². The Morgan fingerprint density at radius 1 is 1.03 bits per heavy atom. The summed E-state index contributed by atoms with van der Waals surface area (Å²) in [6, 6.07) is 15.9. The highest BCUT2D eigenvalue weighted by Gasteiger charge is 2.15. The summed E-state index contributed by atoms with van der Waals surface area (Å²) in [5, 5.41) is 16.3. The number of hydrogen-bond acceptors (Lipinski definition) is 6. The molecule has 0 aliphatic carbocycles. The zero-order chi connectivity index (χ0) is 21.8. The monoisotopic (exact) mass is 433 g/mol. The molecular weight excluding hydrogens is 410 g/mol.